The number of allylic oxidation sites excluding steroid dienone is 1. The van der Waals surface area contributed by atoms with Gasteiger partial charge in [0.25, 0.3) is 0 Å². The lowest BCUT2D eigenvalue weighted by Gasteiger charge is -2.14. The van der Waals surface area contributed by atoms with E-state index >= 15 is 0 Å². The molecule has 5 heteroatoms. The Morgan fingerprint density at radius 1 is 1.33 bits per heavy atom. The molecule has 24 heavy (non-hydrogen) atoms. The zero-order chi connectivity index (χ0) is 17.5. The molecule has 1 heterocycles. The first kappa shape index (κ1) is 18.0. The lowest BCUT2D eigenvalue weighted by molar-refractivity contribution is 0.248. The second kappa shape index (κ2) is 8.51. The number of thiazole rings is 1. The third-order valence-electron chi connectivity index (χ3n) is 3.12. The summed E-state index contributed by atoms with van der Waals surface area (Å²) in [6, 6.07) is 7.94. The smallest absolute Gasteiger partial charge is 0.161 e. The van der Waals surface area contributed by atoms with Crippen LogP contribution in [0, 0.1) is 24.2 Å². The van der Waals surface area contributed by atoms with Gasteiger partial charge in [-0.2, -0.15) is 5.26 Å². The fourth-order valence-corrected chi connectivity index (χ4v) is 2.81. The van der Waals surface area contributed by atoms with Crippen LogP contribution in [0.5, 0.6) is 11.5 Å². The van der Waals surface area contributed by atoms with Gasteiger partial charge in [-0.15, -0.1) is 11.3 Å². The van der Waals surface area contributed by atoms with E-state index in [-0.39, 0.29) is 0 Å². The van der Waals surface area contributed by atoms with Crippen LogP contribution in [-0.2, 0) is 0 Å². The lowest BCUT2D eigenvalue weighted by Crippen LogP contribution is -2.06. The van der Waals surface area contributed by atoms with E-state index in [1.54, 1.807) is 0 Å². The monoisotopic (exact) mass is 342 g/mol. The fourth-order valence-electron chi connectivity index (χ4n) is 2.04. The van der Waals surface area contributed by atoms with Crippen molar-refractivity contribution in [2.45, 2.75) is 27.7 Å². The maximum absolute atomic E-state index is 9.42. The van der Waals surface area contributed by atoms with Crippen LogP contribution in [0.4, 0.5) is 0 Å². The normalized spacial score (nSPS) is 11.4. The topological polar surface area (TPSA) is 55.1 Å². The molecular formula is C19H22N2O2S. The van der Waals surface area contributed by atoms with Crippen molar-refractivity contribution in [3.05, 3.63) is 39.8 Å². The number of ether oxygens (including phenoxy) is 2. The molecule has 0 unspecified atom stereocenters. The largest absolute Gasteiger partial charge is 0.490 e. The molecule has 0 bridgehead atoms. The van der Waals surface area contributed by atoms with Crippen molar-refractivity contribution in [3.63, 3.8) is 0 Å². The molecule has 0 aliphatic carbocycles. The minimum atomic E-state index is 0.442. The van der Waals surface area contributed by atoms with E-state index in [0.717, 1.165) is 22.0 Å². The van der Waals surface area contributed by atoms with Crippen molar-refractivity contribution < 1.29 is 9.47 Å². The number of hydrogen-bond donors (Lipinski definition) is 0. The summed E-state index contributed by atoms with van der Waals surface area (Å²) in [6.45, 7) is 9.26. The van der Waals surface area contributed by atoms with Crippen molar-refractivity contribution in [1.29, 1.82) is 5.26 Å². The van der Waals surface area contributed by atoms with Gasteiger partial charge in [-0.1, -0.05) is 19.9 Å². The summed E-state index contributed by atoms with van der Waals surface area (Å²) in [7, 11) is 0. The molecule has 0 saturated carbocycles. The molecule has 1 aromatic carbocycles. The van der Waals surface area contributed by atoms with Crippen LogP contribution in [0.15, 0.2) is 23.6 Å². The molecule has 0 saturated heterocycles. The Hall–Kier alpha value is -2.32. The van der Waals surface area contributed by atoms with E-state index in [1.165, 1.54) is 11.3 Å². The van der Waals surface area contributed by atoms with Crippen molar-refractivity contribution in [2.75, 3.05) is 13.2 Å². The molecule has 0 fully saturated rings. The first-order valence-electron chi connectivity index (χ1n) is 7.97. The highest BCUT2D eigenvalue weighted by molar-refractivity contribution is 7.11. The number of aryl methyl sites for hydroxylation is 1. The Bertz CT molecular complexity index is 757. The van der Waals surface area contributed by atoms with Crippen LogP contribution in [0.2, 0.25) is 0 Å². The summed E-state index contributed by atoms with van der Waals surface area (Å²) < 4.78 is 11.5. The van der Waals surface area contributed by atoms with Crippen LogP contribution >= 0.6 is 11.3 Å². The summed E-state index contributed by atoms with van der Waals surface area (Å²) >= 11 is 1.47. The van der Waals surface area contributed by atoms with Crippen molar-refractivity contribution in [3.8, 4) is 17.6 Å². The van der Waals surface area contributed by atoms with E-state index in [9.17, 15) is 5.26 Å². The Labute approximate surface area is 147 Å². The lowest BCUT2D eigenvalue weighted by atomic mass is 10.1. The van der Waals surface area contributed by atoms with Gasteiger partial charge in [0.05, 0.1) is 18.8 Å². The van der Waals surface area contributed by atoms with Crippen LogP contribution < -0.4 is 9.47 Å². The molecule has 0 amide bonds. The summed E-state index contributed by atoms with van der Waals surface area (Å²) in [5.74, 6) is 1.86. The number of hydrogen-bond acceptors (Lipinski definition) is 5. The number of nitrogens with zero attached hydrogens (tertiary/aromatic N) is 2. The molecule has 0 atom stereocenters. The first-order chi connectivity index (χ1) is 11.5. The van der Waals surface area contributed by atoms with Gasteiger partial charge in [0, 0.05) is 11.1 Å². The van der Waals surface area contributed by atoms with Crippen LogP contribution in [-0.4, -0.2) is 18.2 Å². The van der Waals surface area contributed by atoms with Crippen LogP contribution in [0.1, 0.15) is 37.0 Å². The summed E-state index contributed by atoms with van der Waals surface area (Å²) in [6.07, 6.45) is 1.83. The molecule has 0 radical (unpaired) electrons. The van der Waals surface area contributed by atoms with Crippen molar-refractivity contribution in [1.82, 2.24) is 4.98 Å². The van der Waals surface area contributed by atoms with Gasteiger partial charge >= 0.3 is 0 Å². The molecule has 0 aliphatic heterocycles. The molecule has 0 spiro atoms. The van der Waals surface area contributed by atoms with Crippen LogP contribution in [0.25, 0.3) is 11.6 Å². The fraction of sp³-hybridized carbons (Fsp3) is 0.368. The predicted octanol–water partition coefficient (Wildman–Crippen LogP) is 4.95. The third kappa shape index (κ3) is 4.84. The van der Waals surface area contributed by atoms with Crippen LogP contribution in [0.3, 0.4) is 0 Å². The molecule has 2 aromatic rings. The zero-order valence-corrected chi connectivity index (χ0v) is 15.3. The molecule has 1 aromatic heterocycles. The summed E-state index contributed by atoms with van der Waals surface area (Å²) in [5.41, 5.74) is 2.36. The minimum Gasteiger partial charge on any atom is -0.490 e. The molecule has 126 valence electrons. The quantitative estimate of drug-likeness (QED) is 0.668. The number of benzene rings is 1. The van der Waals surface area contributed by atoms with Gasteiger partial charge in [0.15, 0.2) is 11.5 Å². The van der Waals surface area contributed by atoms with Gasteiger partial charge < -0.3 is 9.47 Å². The van der Waals surface area contributed by atoms with Crippen molar-refractivity contribution >= 4 is 23.0 Å². The predicted molar refractivity (Wildman–Crippen MR) is 98.3 cm³/mol. The standard InChI is InChI=1S/C19H22N2O2S/c1-5-22-18-9-15(6-7-17(18)23-11-13(2)3)8-16(10-20)19-21-14(4)12-24-19/h6-9,12-13H,5,11H2,1-4H3/b16-8+. The number of rotatable bonds is 7. The molecular weight excluding hydrogens is 320 g/mol. The Morgan fingerprint density at radius 2 is 2.12 bits per heavy atom. The summed E-state index contributed by atoms with van der Waals surface area (Å²) in [5, 5.41) is 12.1. The maximum atomic E-state index is 9.42. The minimum absolute atomic E-state index is 0.442. The first-order valence-corrected chi connectivity index (χ1v) is 8.85. The maximum Gasteiger partial charge on any atom is 0.161 e. The number of aromatic nitrogens is 1. The molecule has 0 aliphatic rings. The Kier molecular flexibility index (Phi) is 6.39. The highest BCUT2D eigenvalue weighted by Gasteiger charge is 2.09. The average molecular weight is 342 g/mol. The molecule has 0 N–H and O–H groups in total. The van der Waals surface area contributed by atoms with E-state index in [0.29, 0.717) is 30.5 Å². The Balaban J connectivity index is 2.31. The second-order valence-electron chi connectivity index (χ2n) is 5.81. The van der Waals surface area contributed by atoms with E-state index in [4.69, 9.17) is 9.47 Å². The third-order valence-corrected chi connectivity index (χ3v) is 4.11. The summed E-state index contributed by atoms with van der Waals surface area (Å²) in [4.78, 5) is 4.37. The molecule has 2 rings (SSSR count). The average Bonchev–Trinajstić information content (AvgIpc) is 2.98. The van der Waals surface area contributed by atoms with Crippen molar-refractivity contribution in [2.24, 2.45) is 5.92 Å². The highest BCUT2D eigenvalue weighted by Crippen LogP contribution is 2.31. The highest BCUT2D eigenvalue weighted by atomic mass is 32.1. The van der Waals surface area contributed by atoms with E-state index in [1.807, 2.05) is 43.5 Å². The van der Waals surface area contributed by atoms with E-state index in [2.05, 4.69) is 24.9 Å². The second-order valence-corrected chi connectivity index (χ2v) is 6.67. The molecule has 4 nitrogen and oxygen atoms in total. The van der Waals surface area contributed by atoms with Gasteiger partial charge in [-0.3, -0.25) is 0 Å². The zero-order valence-electron chi connectivity index (χ0n) is 14.5. The van der Waals surface area contributed by atoms with Gasteiger partial charge in [-0.05, 0) is 43.5 Å². The Morgan fingerprint density at radius 3 is 2.71 bits per heavy atom. The number of nitriles is 1. The van der Waals surface area contributed by atoms with Gasteiger partial charge in [-0.25, -0.2) is 4.98 Å². The van der Waals surface area contributed by atoms with Gasteiger partial charge in [0.2, 0.25) is 0 Å². The van der Waals surface area contributed by atoms with Gasteiger partial charge in [0.1, 0.15) is 11.1 Å². The SMILES string of the molecule is CCOc1cc(/C=C(\C#N)c2nc(C)cs2)ccc1OCC(C)C. The van der Waals surface area contributed by atoms with E-state index < -0.39 is 0 Å².